The van der Waals surface area contributed by atoms with Crippen LogP contribution in [0.5, 0.6) is 11.5 Å². The van der Waals surface area contributed by atoms with Gasteiger partial charge in [0.1, 0.15) is 11.5 Å². The van der Waals surface area contributed by atoms with Gasteiger partial charge in [0.15, 0.2) is 0 Å². The van der Waals surface area contributed by atoms with Crippen molar-refractivity contribution in [2.24, 2.45) is 0 Å². The summed E-state index contributed by atoms with van der Waals surface area (Å²) in [4.78, 5) is 48.5. The van der Waals surface area contributed by atoms with Gasteiger partial charge in [0, 0.05) is 12.0 Å². The van der Waals surface area contributed by atoms with Crippen LogP contribution in [0.25, 0.3) is 0 Å². The van der Waals surface area contributed by atoms with Crippen LogP contribution in [-0.4, -0.2) is 36.6 Å². The number of rotatable bonds is 22. The van der Waals surface area contributed by atoms with Crippen molar-refractivity contribution in [2.45, 2.75) is 117 Å². The fraction of sp³-hybridized carbons (Fsp3) is 0.514. The van der Waals surface area contributed by atoms with Gasteiger partial charge in [-0.3, -0.25) is 4.79 Å². The average Bonchev–Trinajstić information content (AvgIpc) is 3.02. The first-order chi connectivity index (χ1) is 21.7. The molecule has 0 amide bonds. The van der Waals surface area contributed by atoms with Gasteiger partial charge in [-0.05, 0) is 88.1 Å². The lowest BCUT2D eigenvalue weighted by Gasteiger charge is -2.13. The molecule has 0 radical (unpaired) electrons. The molecule has 0 aliphatic rings. The van der Waals surface area contributed by atoms with E-state index < -0.39 is 11.9 Å². The highest BCUT2D eigenvalue weighted by atomic mass is 16.5. The van der Waals surface area contributed by atoms with Gasteiger partial charge < -0.3 is 18.9 Å². The molecule has 246 valence electrons. The first-order valence-electron chi connectivity index (χ1n) is 16.4. The highest BCUT2D eigenvalue weighted by molar-refractivity contribution is 5.94. The van der Waals surface area contributed by atoms with E-state index in [2.05, 4.69) is 13.5 Å². The maximum atomic E-state index is 12.6. The third-order valence-electron chi connectivity index (χ3n) is 7.25. The van der Waals surface area contributed by atoms with E-state index in [1.165, 1.54) is 18.6 Å². The summed E-state index contributed by atoms with van der Waals surface area (Å²) < 4.78 is 21.4. The molecule has 8 nitrogen and oxygen atoms in total. The van der Waals surface area contributed by atoms with Crippen LogP contribution in [0.4, 0.5) is 0 Å². The third-order valence-corrected chi connectivity index (χ3v) is 7.25. The number of unbranched alkanes of at least 4 members (excludes halogenated alkanes) is 10. The Hall–Kier alpha value is -3.94. The van der Waals surface area contributed by atoms with Gasteiger partial charge in [0.2, 0.25) is 0 Å². The topological polar surface area (TPSA) is 105 Å². The van der Waals surface area contributed by atoms with Crippen LogP contribution in [0.1, 0.15) is 131 Å². The number of hydrogen-bond acceptors (Lipinski definition) is 8. The minimum absolute atomic E-state index is 0.160. The third kappa shape index (κ3) is 16.1. The lowest BCUT2D eigenvalue weighted by molar-refractivity contribution is -0.139. The molecule has 0 aliphatic heterocycles. The van der Waals surface area contributed by atoms with E-state index in [9.17, 15) is 19.2 Å². The minimum atomic E-state index is -0.562. The molecule has 0 heterocycles. The fourth-order valence-corrected chi connectivity index (χ4v) is 4.55. The van der Waals surface area contributed by atoms with Crippen molar-refractivity contribution in [1.82, 2.24) is 0 Å². The molecule has 8 heteroatoms. The van der Waals surface area contributed by atoms with E-state index >= 15 is 0 Å². The molecule has 0 fully saturated rings. The lowest BCUT2D eigenvalue weighted by Crippen LogP contribution is -2.15. The van der Waals surface area contributed by atoms with Crippen LogP contribution in [0.2, 0.25) is 0 Å². The molecule has 0 saturated heterocycles. The van der Waals surface area contributed by atoms with Crippen LogP contribution >= 0.6 is 0 Å². The van der Waals surface area contributed by atoms with Crippen molar-refractivity contribution in [1.29, 1.82) is 0 Å². The largest absolute Gasteiger partial charge is 0.462 e. The standard InChI is InChI=1S/C37H50O8/c1-5-6-7-14-17-29(4)43-36(40)30-19-21-31(22-20-30)37(41)45-33-25-23-32(24-26-33)44-34(38)18-15-12-10-8-9-11-13-16-27-42-35(39)28(2)3/h19-26,29H,2,5-18,27H2,1,3-4H3/t29-/m1/s1. The van der Waals surface area contributed by atoms with Crippen molar-refractivity contribution in [3.05, 3.63) is 71.8 Å². The Morgan fingerprint density at radius 1 is 0.667 bits per heavy atom. The second-order valence-electron chi connectivity index (χ2n) is 11.5. The first kappa shape index (κ1) is 37.2. The fourth-order valence-electron chi connectivity index (χ4n) is 4.55. The maximum Gasteiger partial charge on any atom is 0.343 e. The van der Waals surface area contributed by atoms with Crippen LogP contribution < -0.4 is 9.47 Å². The Kier molecular flexibility index (Phi) is 18.0. The molecule has 2 rings (SSSR count). The summed E-state index contributed by atoms with van der Waals surface area (Å²) in [5.41, 5.74) is 1.11. The van der Waals surface area contributed by atoms with Gasteiger partial charge in [0.25, 0.3) is 0 Å². The Balaban J connectivity index is 1.61. The molecular weight excluding hydrogens is 572 g/mol. The highest BCUT2D eigenvalue weighted by Gasteiger charge is 2.15. The van der Waals surface area contributed by atoms with Crippen LogP contribution in [-0.2, 0) is 19.1 Å². The van der Waals surface area contributed by atoms with E-state index in [1.807, 2.05) is 6.92 Å². The summed E-state index contributed by atoms with van der Waals surface area (Å²) in [6, 6.07) is 12.5. The SMILES string of the molecule is C=C(C)C(=O)OCCCCCCCCCCC(=O)Oc1ccc(OC(=O)c2ccc(C(=O)O[C@H](C)CCCCCC)cc2)cc1. The number of esters is 4. The monoisotopic (exact) mass is 622 g/mol. The minimum Gasteiger partial charge on any atom is -0.462 e. The number of ether oxygens (including phenoxy) is 4. The first-order valence-corrected chi connectivity index (χ1v) is 16.4. The molecule has 0 saturated carbocycles. The van der Waals surface area contributed by atoms with Crippen molar-refractivity contribution in [3.8, 4) is 11.5 Å². The zero-order chi connectivity index (χ0) is 32.9. The van der Waals surface area contributed by atoms with E-state index in [4.69, 9.17) is 18.9 Å². The average molecular weight is 623 g/mol. The molecule has 2 aromatic rings. The van der Waals surface area contributed by atoms with Crippen LogP contribution in [0, 0.1) is 0 Å². The van der Waals surface area contributed by atoms with Crippen molar-refractivity contribution >= 4 is 23.9 Å². The number of carbonyl (C=O) groups excluding carboxylic acids is 4. The molecule has 1 atom stereocenters. The summed E-state index contributed by atoms with van der Waals surface area (Å²) in [5.74, 6) is -0.900. The molecular formula is C37H50O8. The summed E-state index contributed by atoms with van der Waals surface area (Å²) in [6.45, 7) is 9.69. The number of benzene rings is 2. The molecule has 0 spiro atoms. The van der Waals surface area contributed by atoms with Crippen molar-refractivity contribution in [3.63, 3.8) is 0 Å². The normalized spacial score (nSPS) is 11.4. The van der Waals surface area contributed by atoms with Gasteiger partial charge >= 0.3 is 23.9 Å². The zero-order valence-electron chi connectivity index (χ0n) is 27.3. The smallest absolute Gasteiger partial charge is 0.343 e. The Labute approximate surface area is 268 Å². The molecule has 0 unspecified atom stereocenters. The zero-order valence-corrected chi connectivity index (χ0v) is 27.3. The van der Waals surface area contributed by atoms with Crippen LogP contribution in [0.15, 0.2) is 60.7 Å². The second-order valence-corrected chi connectivity index (χ2v) is 11.5. The Morgan fingerprint density at radius 3 is 1.76 bits per heavy atom. The molecule has 0 bridgehead atoms. The molecule has 0 aromatic heterocycles. The molecule has 45 heavy (non-hydrogen) atoms. The van der Waals surface area contributed by atoms with Crippen molar-refractivity contribution in [2.75, 3.05) is 6.61 Å². The number of carbonyl (C=O) groups is 4. The highest BCUT2D eigenvalue weighted by Crippen LogP contribution is 2.20. The Morgan fingerprint density at radius 2 is 1.18 bits per heavy atom. The summed E-state index contributed by atoms with van der Waals surface area (Å²) in [5, 5.41) is 0. The lowest BCUT2D eigenvalue weighted by atomic mass is 10.1. The van der Waals surface area contributed by atoms with Gasteiger partial charge in [-0.25, -0.2) is 14.4 Å². The van der Waals surface area contributed by atoms with E-state index in [0.29, 0.717) is 41.2 Å². The van der Waals surface area contributed by atoms with E-state index in [1.54, 1.807) is 43.3 Å². The predicted molar refractivity (Wildman–Crippen MR) is 174 cm³/mol. The Bertz CT molecular complexity index is 1200. The van der Waals surface area contributed by atoms with Gasteiger partial charge in [0.05, 0.1) is 23.8 Å². The predicted octanol–water partition coefficient (Wildman–Crippen LogP) is 8.96. The second kappa shape index (κ2) is 21.7. The summed E-state index contributed by atoms with van der Waals surface area (Å²) in [6.07, 6.45) is 13.5. The van der Waals surface area contributed by atoms with Gasteiger partial charge in [-0.2, -0.15) is 0 Å². The molecule has 0 N–H and O–H groups in total. The van der Waals surface area contributed by atoms with E-state index in [0.717, 1.165) is 77.0 Å². The maximum absolute atomic E-state index is 12.6. The summed E-state index contributed by atoms with van der Waals surface area (Å²) >= 11 is 0. The quantitative estimate of drug-likeness (QED) is 0.0555. The van der Waals surface area contributed by atoms with Crippen LogP contribution in [0.3, 0.4) is 0 Å². The summed E-state index contributed by atoms with van der Waals surface area (Å²) in [7, 11) is 0. The molecule has 2 aromatic carbocycles. The molecule has 0 aliphatic carbocycles. The van der Waals surface area contributed by atoms with E-state index in [-0.39, 0.29) is 18.0 Å². The van der Waals surface area contributed by atoms with Gasteiger partial charge in [-0.15, -0.1) is 0 Å². The van der Waals surface area contributed by atoms with Crippen molar-refractivity contribution < 1.29 is 38.1 Å². The van der Waals surface area contributed by atoms with Gasteiger partial charge in [-0.1, -0.05) is 71.3 Å². The number of hydrogen-bond donors (Lipinski definition) is 0.